The number of rotatable bonds is 5. The highest BCUT2D eigenvalue weighted by Crippen LogP contribution is 2.27. The molecule has 4 nitrogen and oxygen atoms in total. The van der Waals surface area contributed by atoms with E-state index in [9.17, 15) is 10.1 Å². The molecule has 0 atom stereocenters. The normalized spacial score (nSPS) is 10.3. The highest BCUT2D eigenvalue weighted by molar-refractivity contribution is 9.08. The summed E-state index contributed by atoms with van der Waals surface area (Å²) in [5.41, 5.74) is 1.47. The molecule has 0 N–H and O–H groups in total. The van der Waals surface area contributed by atoms with Crippen molar-refractivity contribution in [3.63, 3.8) is 0 Å². The highest BCUT2D eigenvalue weighted by atomic mass is 79.9. The van der Waals surface area contributed by atoms with Crippen molar-refractivity contribution in [2.75, 3.05) is 0 Å². The van der Waals surface area contributed by atoms with E-state index in [1.165, 1.54) is 6.07 Å². The van der Waals surface area contributed by atoms with E-state index in [0.717, 1.165) is 10.9 Å². The number of nitrogens with zero attached hydrogens (tertiary/aromatic N) is 1. The van der Waals surface area contributed by atoms with Gasteiger partial charge in [-0.05, 0) is 23.8 Å². The maximum absolute atomic E-state index is 11.0. The van der Waals surface area contributed by atoms with Gasteiger partial charge in [-0.25, -0.2) is 0 Å². The molecule has 0 saturated carbocycles. The topological polar surface area (TPSA) is 52.4 Å². The van der Waals surface area contributed by atoms with Crippen LogP contribution in [0.3, 0.4) is 0 Å². The van der Waals surface area contributed by atoms with Crippen LogP contribution >= 0.6 is 27.5 Å². The highest BCUT2D eigenvalue weighted by Gasteiger charge is 2.16. The van der Waals surface area contributed by atoms with Gasteiger partial charge in [-0.3, -0.25) is 10.1 Å². The molecule has 0 aliphatic heterocycles. The van der Waals surface area contributed by atoms with Crippen LogP contribution in [-0.2, 0) is 11.9 Å². The fourth-order valence-corrected chi connectivity index (χ4v) is 2.29. The zero-order valence-electron chi connectivity index (χ0n) is 10.4. The van der Waals surface area contributed by atoms with Crippen LogP contribution in [0.4, 0.5) is 5.69 Å². The Morgan fingerprint density at radius 1 is 1.20 bits per heavy atom. The van der Waals surface area contributed by atoms with Gasteiger partial charge in [0.1, 0.15) is 12.4 Å². The molecule has 0 aromatic heterocycles. The molecule has 0 saturated heterocycles. The van der Waals surface area contributed by atoms with Crippen LogP contribution in [0.5, 0.6) is 5.75 Å². The van der Waals surface area contributed by atoms with Crippen molar-refractivity contribution in [3.8, 4) is 5.75 Å². The third-order valence-electron chi connectivity index (χ3n) is 2.75. The van der Waals surface area contributed by atoms with E-state index < -0.39 is 4.92 Å². The van der Waals surface area contributed by atoms with Crippen LogP contribution < -0.4 is 4.74 Å². The minimum atomic E-state index is -0.460. The lowest BCUT2D eigenvalue weighted by Gasteiger charge is -2.08. The molecule has 0 radical (unpaired) electrons. The van der Waals surface area contributed by atoms with Gasteiger partial charge in [-0.15, -0.1) is 0 Å². The fourth-order valence-electron chi connectivity index (χ4n) is 1.69. The van der Waals surface area contributed by atoms with Crippen molar-refractivity contribution >= 4 is 33.2 Å². The summed E-state index contributed by atoms with van der Waals surface area (Å²) >= 11 is 9.36. The van der Waals surface area contributed by atoms with Crippen molar-refractivity contribution in [2.24, 2.45) is 0 Å². The number of alkyl halides is 1. The van der Waals surface area contributed by atoms with Gasteiger partial charge in [0.25, 0.3) is 5.69 Å². The Hall–Kier alpha value is -1.59. The molecular weight excluding hydrogens is 346 g/mol. The second-order valence-corrected chi connectivity index (χ2v) is 5.03. The summed E-state index contributed by atoms with van der Waals surface area (Å²) in [4.78, 5) is 10.5. The standard InChI is InChI=1S/C14H11BrClNO3/c15-8-10-4-6-11(7-5-10)20-9-12-13(16)2-1-3-14(12)17(18)19/h1-7H,8-9H2. The minimum absolute atomic E-state index is 0.0328. The van der Waals surface area contributed by atoms with Crippen molar-refractivity contribution < 1.29 is 9.66 Å². The monoisotopic (exact) mass is 355 g/mol. The third-order valence-corrected chi connectivity index (χ3v) is 3.75. The first-order chi connectivity index (χ1) is 9.61. The molecule has 2 aromatic rings. The lowest BCUT2D eigenvalue weighted by Crippen LogP contribution is -2.01. The van der Waals surface area contributed by atoms with E-state index in [1.54, 1.807) is 12.1 Å². The van der Waals surface area contributed by atoms with Crippen molar-refractivity contribution in [2.45, 2.75) is 11.9 Å². The Morgan fingerprint density at radius 3 is 2.50 bits per heavy atom. The van der Waals surface area contributed by atoms with E-state index in [-0.39, 0.29) is 12.3 Å². The lowest BCUT2D eigenvalue weighted by molar-refractivity contribution is -0.385. The van der Waals surface area contributed by atoms with Crippen molar-refractivity contribution in [3.05, 3.63) is 68.7 Å². The number of nitro benzene ring substituents is 1. The maximum Gasteiger partial charge on any atom is 0.277 e. The molecule has 0 aliphatic rings. The predicted molar refractivity (Wildman–Crippen MR) is 81.5 cm³/mol. The third kappa shape index (κ3) is 3.49. The minimum Gasteiger partial charge on any atom is -0.489 e. The molecule has 6 heteroatoms. The van der Waals surface area contributed by atoms with Gasteiger partial charge in [0.2, 0.25) is 0 Å². The van der Waals surface area contributed by atoms with E-state index in [4.69, 9.17) is 16.3 Å². The molecular formula is C14H11BrClNO3. The smallest absolute Gasteiger partial charge is 0.277 e. The summed E-state index contributed by atoms with van der Waals surface area (Å²) in [6, 6.07) is 12.1. The number of benzene rings is 2. The average molecular weight is 357 g/mol. The SMILES string of the molecule is O=[N+]([O-])c1cccc(Cl)c1COc1ccc(CBr)cc1. The van der Waals surface area contributed by atoms with E-state index in [2.05, 4.69) is 15.9 Å². The fraction of sp³-hybridized carbons (Fsp3) is 0.143. The van der Waals surface area contributed by atoms with Crippen molar-refractivity contribution in [1.29, 1.82) is 0 Å². The van der Waals surface area contributed by atoms with Gasteiger partial charge in [-0.2, -0.15) is 0 Å². The van der Waals surface area contributed by atoms with Crippen LogP contribution in [0, 0.1) is 10.1 Å². The summed E-state index contributed by atoms with van der Waals surface area (Å²) < 4.78 is 5.56. The zero-order valence-corrected chi connectivity index (χ0v) is 12.7. The predicted octanol–water partition coefficient (Wildman–Crippen LogP) is 4.72. The van der Waals surface area contributed by atoms with Gasteiger partial charge in [-0.1, -0.05) is 45.7 Å². The first kappa shape index (κ1) is 14.8. The van der Waals surface area contributed by atoms with Crippen LogP contribution in [0.25, 0.3) is 0 Å². The largest absolute Gasteiger partial charge is 0.489 e. The second-order valence-electron chi connectivity index (χ2n) is 4.06. The number of nitro groups is 1. The van der Waals surface area contributed by atoms with Crippen LogP contribution in [0.15, 0.2) is 42.5 Å². The molecule has 0 amide bonds. The van der Waals surface area contributed by atoms with Crippen LogP contribution in [-0.4, -0.2) is 4.92 Å². The molecule has 0 fully saturated rings. The molecule has 0 spiro atoms. The Morgan fingerprint density at radius 2 is 1.90 bits per heavy atom. The molecule has 2 aromatic carbocycles. The average Bonchev–Trinajstić information content (AvgIpc) is 2.46. The summed E-state index contributed by atoms with van der Waals surface area (Å²) in [5, 5.41) is 12.1. The summed E-state index contributed by atoms with van der Waals surface area (Å²) in [7, 11) is 0. The Kier molecular flexibility index (Phi) is 4.98. The van der Waals surface area contributed by atoms with Crippen molar-refractivity contribution in [1.82, 2.24) is 0 Å². The number of ether oxygens (including phenoxy) is 1. The summed E-state index contributed by atoms with van der Waals surface area (Å²) in [5.74, 6) is 0.643. The van der Waals surface area contributed by atoms with Gasteiger partial charge in [0, 0.05) is 11.4 Å². The van der Waals surface area contributed by atoms with E-state index in [1.807, 2.05) is 24.3 Å². The molecule has 0 heterocycles. The zero-order chi connectivity index (χ0) is 14.5. The maximum atomic E-state index is 11.0. The quantitative estimate of drug-likeness (QED) is 0.442. The van der Waals surface area contributed by atoms with Gasteiger partial charge < -0.3 is 4.74 Å². The first-order valence-corrected chi connectivity index (χ1v) is 7.31. The Balaban J connectivity index is 2.16. The van der Waals surface area contributed by atoms with Gasteiger partial charge in [0.05, 0.1) is 15.5 Å². The number of hydrogen-bond acceptors (Lipinski definition) is 3. The second kappa shape index (κ2) is 6.72. The molecule has 0 bridgehead atoms. The summed E-state index contributed by atoms with van der Waals surface area (Å²) in [6.45, 7) is 0.0592. The van der Waals surface area contributed by atoms with E-state index >= 15 is 0 Å². The Labute approximate surface area is 129 Å². The Bertz CT molecular complexity index is 616. The lowest BCUT2D eigenvalue weighted by atomic mass is 10.2. The first-order valence-electron chi connectivity index (χ1n) is 5.81. The molecule has 0 unspecified atom stereocenters. The summed E-state index contributed by atoms with van der Waals surface area (Å²) in [6.07, 6.45) is 0. The van der Waals surface area contributed by atoms with Crippen LogP contribution in [0.1, 0.15) is 11.1 Å². The number of halogens is 2. The van der Waals surface area contributed by atoms with Gasteiger partial charge in [0.15, 0.2) is 0 Å². The van der Waals surface area contributed by atoms with E-state index in [0.29, 0.717) is 16.3 Å². The molecule has 104 valence electrons. The molecule has 0 aliphatic carbocycles. The van der Waals surface area contributed by atoms with Crippen LogP contribution in [0.2, 0.25) is 5.02 Å². The number of hydrogen-bond donors (Lipinski definition) is 0. The molecule has 20 heavy (non-hydrogen) atoms. The van der Waals surface area contributed by atoms with Gasteiger partial charge >= 0.3 is 0 Å². The molecule has 2 rings (SSSR count).